The highest BCUT2D eigenvalue weighted by molar-refractivity contribution is 5.73. The van der Waals surface area contributed by atoms with Crippen LogP contribution in [-0.4, -0.2) is 29.0 Å². The molecular formula is C16H20N2O. The Hall–Kier alpha value is -1.35. The van der Waals surface area contributed by atoms with Gasteiger partial charge in [-0.15, -0.1) is 0 Å². The number of hydrogen-bond donors (Lipinski definition) is 0. The third-order valence-electron chi connectivity index (χ3n) is 4.72. The Bertz CT molecular complexity index is 600. The molecule has 2 fully saturated rings. The molecule has 0 spiro atoms. The number of oxazole rings is 1. The lowest BCUT2D eigenvalue weighted by Crippen LogP contribution is -2.38. The molecule has 100 valence electrons. The molecule has 3 nitrogen and oxygen atoms in total. The van der Waals surface area contributed by atoms with E-state index in [1.54, 1.807) is 0 Å². The molecule has 1 aromatic heterocycles. The summed E-state index contributed by atoms with van der Waals surface area (Å²) >= 11 is 0. The third kappa shape index (κ3) is 1.96. The van der Waals surface area contributed by atoms with Crippen molar-refractivity contribution < 1.29 is 4.42 Å². The Morgan fingerprint density at radius 2 is 2.16 bits per heavy atom. The second kappa shape index (κ2) is 4.34. The van der Waals surface area contributed by atoms with Crippen molar-refractivity contribution in [2.75, 3.05) is 13.1 Å². The van der Waals surface area contributed by atoms with Gasteiger partial charge in [-0.05, 0) is 50.4 Å². The Labute approximate surface area is 113 Å². The van der Waals surface area contributed by atoms with Gasteiger partial charge in [0.15, 0.2) is 11.5 Å². The average Bonchev–Trinajstić information content (AvgIpc) is 2.92. The maximum Gasteiger partial charge on any atom is 0.199 e. The molecule has 1 aromatic carbocycles. The molecule has 2 heterocycles. The number of benzene rings is 1. The van der Waals surface area contributed by atoms with Gasteiger partial charge in [0.05, 0.1) is 0 Å². The third-order valence-corrected chi connectivity index (χ3v) is 4.72. The topological polar surface area (TPSA) is 29.3 Å². The summed E-state index contributed by atoms with van der Waals surface area (Å²) in [5.41, 5.74) is 3.19. The van der Waals surface area contributed by atoms with Crippen LogP contribution in [0.1, 0.15) is 43.1 Å². The van der Waals surface area contributed by atoms with Gasteiger partial charge in [0.1, 0.15) is 5.52 Å². The molecule has 1 atom stereocenters. The molecule has 1 aliphatic carbocycles. The molecule has 0 radical (unpaired) electrons. The summed E-state index contributed by atoms with van der Waals surface area (Å²) < 4.78 is 5.95. The Kier molecular flexibility index (Phi) is 2.62. The number of nitrogens with zero attached hydrogens (tertiary/aromatic N) is 2. The molecule has 1 saturated carbocycles. The van der Waals surface area contributed by atoms with Crippen LogP contribution in [-0.2, 0) is 0 Å². The fourth-order valence-corrected chi connectivity index (χ4v) is 3.30. The van der Waals surface area contributed by atoms with Gasteiger partial charge in [-0.25, -0.2) is 4.98 Å². The lowest BCUT2D eigenvalue weighted by atomic mass is 9.92. The van der Waals surface area contributed by atoms with E-state index in [4.69, 9.17) is 9.40 Å². The molecule has 0 bridgehead atoms. The minimum Gasteiger partial charge on any atom is -0.440 e. The number of fused-ring (bicyclic) bond motifs is 1. The molecule has 4 rings (SSSR count). The molecule has 3 heteroatoms. The molecule has 2 aromatic rings. The highest BCUT2D eigenvalue weighted by Gasteiger charge is 2.34. The van der Waals surface area contributed by atoms with Crippen LogP contribution in [0.4, 0.5) is 0 Å². The van der Waals surface area contributed by atoms with Crippen LogP contribution in [0.25, 0.3) is 11.1 Å². The van der Waals surface area contributed by atoms with Crippen LogP contribution in [0.5, 0.6) is 0 Å². The summed E-state index contributed by atoms with van der Waals surface area (Å²) in [5.74, 6) is 1.44. The summed E-state index contributed by atoms with van der Waals surface area (Å²) in [6.07, 6.45) is 5.38. The summed E-state index contributed by atoms with van der Waals surface area (Å²) in [4.78, 5) is 7.33. The molecular weight excluding hydrogens is 236 g/mol. The summed E-state index contributed by atoms with van der Waals surface area (Å²) in [5, 5.41) is 0. The quantitative estimate of drug-likeness (QED) is 0.823. The molecule has 1 aliphatic heterocycles. The standard InChI is InChI=1S/C16H20N2O/c1-11-5-6-15-14(9-11)17-16(19-15)12-7-8-18(10-12)13-3-2-4-13/h5-6,9,12-13H,2-4,7-8,10H2,1H3/t12-/m1/s1. The van der Waals surface area contributed by atoms with Gasteiger partial charge in [0.2, 0.25) is 0 Å². The van der Waals surface area contributed by atoms with E-state index in [0.29, 0.717) is 5.92 Å². The fourth-order valence-electron chi connectivity index (χ4n) is 3.30. The smallest absolute Gasteiger partial charge is 0.199 e. The van der Waals surface area contributed by atoms with Crippen molar-refractivity contribution in [1.82, 2.24) is 9.88 Å². The second-order valence-electron chi connectivity index (χ2n) is 6.09. The van der Waals surface area contributed by atoms with Crippen LogP contribution in [0.15, 0.2) is 22.6 Å². The first-order valence-electron chi connectivity index (χ1n) is 7.41. The van der Waals surface area contributed by atoms with Crippen LogP contribution in [0.3, 0.4) is 0 Å². The van der Waals surface area contributed by atoms with E-state index in [1.165, 1.54) is 37.8 Å². The van der Waals surface area contributed by atoms with Crippen LogP contribution < -0.4 is 0 Å². The van der Waals surface area contributed by atoms with Crippen molar-refractivity contribution in [2.24, 2.45) is 0 Å². The van der Waals surface area contributed by atoms with Crippen molar-refractivity contribution in [3.8, 4) is 0 Å². The number of likely N-dealkylation sites (tertiary alicyclic amines) is 1. The Morgan fingerprint density at radius 1 is 1.26 bits per heavy atom. The maximum atomic E-state index is 5.95. The molecule has 2 aliphatic rings. The zero-order chi connectivity index (χ0) is 12.8. The molecule has 0 amide bonds. The SMILES string of the molecule is Cc1ccc2oc([C@@H]3CCN(C4CCC4)C3)nc2c1. The van der Waals surface area contributed by atoms with Crippen molar-refractivity contribution in [1.29, 1.82) is 0 Å². The zero-order valence-electron chi connectivity index (χ0n) is 11.4. The van der Waals surface area contributed by atoms with E-state index >= 15 is 0 Å². The normalized spacial score (nSPS) is 25.0. The van der Waals surface area contributed by atoms with E-state index in [9.17, 15) is 0 Å². The van der Waals surface area contributed by atoms with Crippen molar-refractivity contribution >= 4 is 11.1 Å². The second-order valence-corrected chi connectivity index (χ2v) is 6.09. The predicted molar refractivity (Wildman–Crippen MR) is 75.3 cm³/mol. The van der Waals surface area contributed by atoms with Gasteiger partial charge in [-0.2, -0.15) is 0 Å². The van der Waals surface area contributed by atoms with Crippen LogP contribution in [0.2, 0.25) is 0 Å². The average molecular weight is 256 g/mol. The van der Waals surface area contributed by atoms with Crippen LogP contribution >= 0.6 is 0 Å². The Morgan fingerprint density at radius 3 is 2.95 bits per heavy atom. The molecule has 19 heavy (non-hydrogen) atoms. The van der Waals surface area contributed by atoms with E-state index in [1.807, 2.05) is 6.07 Å². The lowest BCUT2D eigenvalue weighted by molar-refractivity contribution is 0.156. The maximum absolute atomic E-state index is 5.95. The van der Waals surface area contributed by atoms with Gasteiger partial charge in [-0.3, -0.25) is 4.90 Å². The van der Waals surface area contributed by atoms with Gasteiger partial charge in [0.25, 0.3) is 0 Å². The zero-order valence-corrected chi connectivity index (χ0v) is 11.4. The monoisotopic (exact) mass is 256 g/mol. The van der Waals surface area contributed by atoms with Gasteiger partial charge < -0.3 is 4.42 Å². The largest absolute Gasteiger partial charge is 0.440 e. The summed E-state index contributed by atoms with van der Waals surface area (Å²) in [6.45, 7) is 4.45. The van der Waals surface area contributed by atoms with Crippen LogP contribution in [0, 0.1) is 6.92 Å². The highest BCUT2D eigenvalue weighted by atomic mass is 16.3. The van der Waals surface area contributed by atoms with E-state index in [-0.39, 0.29) is 0 Å². The van der Waals surface area contributed by atoms with Crippen molar-refractivity contribution in [2.45, 2.75) is 44.6 Å². The predicted octanol–water partition coefficient (Wildman–Crippen LogP) is 3.48. The number of aromatic nitrogens is 1. The highest BCUT2D eigenvalue weighted by Crippen LogP contribution is 2.34. The molecule has 0 N–H and O–H groups in total. The Balaban J connectivity index is 1.57. The first-order chi connectivity index (χ1) is 9.29. The lowest BCUT2D eigenvalue weighted by Gasteiger charge is -2.34. The van der Waals surface area contributed by atoms with Gasteiger partial charge in [-0.1, -0.05) is 12.5 Å². The number of aryl methyl sites for hydroxylation is 1. The van der Waals surface area contributed by atoms with Crippen molar-refractivity contribution in [3.63, 3.8) is 0 Å². The van der Waals surface area contributed by atoms with Gasteiger partial charge >= 0.3 is 0 Å². The molecule has 1 saturated heterocycles. The first kappa shape index (κ1) is 11.5. The first-order valence-corrected chi connectivity index (χ1v) is 7.41. The minimum absolute atomic E-state index is 0.494. The fraction of sp³-hybridized carbons (Fsp3) is 0.562. The summed E-state index contributed by atoms with van der Waals surface area (Å²) in [6, 6.07) is 7.09. The number of rotatable bonds is 2. The van der Waals surface area contributed by atoms with E-state index in [0.717, 1.165) is 29.6 Å². The minimum atomic E-state index is 0.494. The molecule has 0 unspecified atom stereocenters. The van der Waals surface area contributed by atoms with Crippen molar-refractivity contribution in [3.05, 3.63) is 29.7 Å². The summed E-state index contributed by atoms with van der Waals surface area (Å²) in [7, 11) is 0. The van der Waals surface area contributed by atoms with E-state index < -0.39 is 0 Å². The number of hydrogen-bond acceptors (Lipinski definition) is 3. The van der Waals surface area contributed by atoms with E-state index in [2.05, 4.69) is 24.0 Å². The van der Waals surface area contributed by atoms with Gasteiger partial charge in [0, 0.05) is 18.5 Å².